The van der Waals surface area contributed by atoms with Gasteiger partial charge in [0, 0.05) is 5.92 Å². The van der Waals surface area contributed by atoms with Gasteiger partial charge in [0.05, 0.1) is 19.8 Å². The van der Waals surface area contributed by atoms with Gasteiger partial charge in [0.25, 0.3) is 0 Å². The van der Waals surface area contributed by atoms with Crippen LogP contribution in [0.3, 0.4) is 0 Å². The fourth-order valence-electron chi connectivity index (χ4n) is 3.93. The predicted molar refractivity (Wildman–Crippen MR) is 125 cm³/mol. The van der Waals surface area contributed by atoms with Crippen molar-refractivity contribution in [2.75, 3.05) is 33.0 Å². The Hall–Kier alpha value is -2.90. The Morgan fingerprint density at radius 1 is 0.618 bits per heavy atom. The molecule has 6 rings (SSSR count). The normalized spacial score (nSPS) is 23.2. The van der Waals surface area contributed by atoms with Crippen molar-refractivity contribution in [2.45, 2.75) is 31.0 Å². The highest BCUT2D eigenvalue weighted by molar-refractivity contribution is 5.46. The Labute approximate surface area is 199 Å². The lowest BCUT2D eigenvalue weighted by Crippen LogP contribution is -2.07. The summed E-state index contributed by atoms with van der Waals surface area (Å²) in [6, 6.07) is 25.3. The van der Waals surface area contributed by atoms with E-state index >= 15 is 0 Å². The topological polar surface area (TPSA) is 65.3 Å². The zero-order chi connectivity index (χ0) is 22.7. The first kappa shape index (κ1) is 21.6. The summed E-state index contributed by atoms with van der Waals surface area (Å²) >= 11 is 0. The molecule has 3 unspecified atom stereocenters. The number of epoxide rings is 3. The van der Waals surface area contributed by atoms with Gasteiger partial charge in [0.15, 0.2) is 6.29 Å². The summed E-state index contributed by atoms with van der Waals surface area (Å²) in [5.74, 6) is 1.81. The van der Waals surface area contributed by atoms with Crippen molar-refractivity contribution in [1.29, 1.82) is 0 Å². The van der Waals surface area contributed by atoms with E-state index in [2.05, 4.69) is 48.5 Å². The highest BCUT2D eigenvalue weighted by Crippen LogP contribution is 2.34. The largest absolute Gasteiger partial charge is 0.491 e. The van der Waals surface area contributed by atoms with Gasteiger partial charge in [-0.2, -0.15) is 0 Å². The molecule has 176 valence electrons. The van der Waals surface area contributed by atoms with Crippen molar-refractivity contribution in [3.8, 4) is 11.5 Å². The van der Waals surface area contributed by atoms with E-state index in [1.165, 1.54) is 16.7 Å². The van der Waals surface area contributed by atoms with Crippen LogP contribution >= 0.6 is 0 Å². The minimum absolute atomic E-state index is 0.0353. The molecule has 3 aliphatic rings. The SMILES string of the molecule is c1cc(C(c2ccc(OCC3CO3)cc2)c2ccc(OCC3CO3)cc2)ccc1COC1CO1. The van der Waals surface area contributed by atoms with E-state index in [-0.39, 0.29) is 24.4 Å². The van der Waals surface area contributed by atoms with Crippen LogP contribution in [0.4, 0.5) is 0 Å². The Bertz CT molecular complexity index is 926. The molecule has 3 heterocycles. The fourth-order valence-corrected chi connectivity index (χ4v) is 3.93. The molecule has 0 radical (unpaired) electrons. The Kier molecular flexibility index (Phi) is 6.21. The van der Waals surface area contributed by atoms with Crippen LogP contribution in [0.2, 0.25) is 0 Å². The quantitative estimate of drug-likeness (QED) is 0.297. The van der Waals surface area contributed by atoms with E-state index in [0.717, 1.165) is 30.3 Å². The standard InChI is InChI=1S/C28H28O6/c1-3-20(4-2-19(1)13-33-27-18-34-27)28(21-5-9-23(10-6-21)29-14-25-16-31-25)22-7-11-24(12-8-22)30-15-26-17-32-26/h1-12,25-28H,13-18H2. The average Bonchev–Trinajstić information content (AvgIpc) is 3.73. The average molecular weight is 461 g/mol. The van der Waals surface area contributed by atoms with Crippen LogP contribution in [0.25, 0.3) is 0 Å². The van der Waals surface area contributed by atoms with Crippen LogP contribution in [-0.2, 0) is 25.6 Å². The molecule has 3 saturated heterocycles. The van der Waals surface area contributed by atoms with Crippen LogP contribution in [-0.4, -0.2) is 51.5 Å². The molecule has 6 heteroatoms. The van der Waals surface area contributed by atoms with Gasteiger partial charge in [-0.05, 0) is 46.5 Å². The summed E-state index contributed by atoms with van der Waals surface area (Å²) in [5.41, 5.74) is 4.75. The molecule has 0 aromatic heterocycles. The lowest BCUT2D eigenvalue weighted by Gasteiger charge is -2.20. The van der Waals surface area contributed by atoms with E-state index in [0.29, 0.717) is 26.4 Å². The smallest absolute Gasteiger partial charge is 0.181 e. The monoisotopic (exact) mass is 460 g/mol. The molecule has 3 aliphatic heterocycles. The Morgan fingerprint density at radius 3 is 1.47 bits per heavy atom. The van der Waals surface area contributed by atoms with Gasteiger partial charge in [-0.3, -0.25) is 0 Å². The van der Waals surface area contributed by atoms with Crippen LogP contribution in [0.5, 0.6) is 11.5 Å². The van der Waals surface area contributed by atoms with Gasteiger partial charge in [-0.25, -0.2) is 0 Å². The van der Waals surface area contributed by atoms with Crippen molar-refractivity contribution in [3.05, 3.63) is 95.1 Å². The predicted octanol–water partition coefficient (Wildman–Crippen LogP) is 4.29. The van der Waals surface area contributed by atoms with Crippen LogP contribution in [0.1, 0.15) is 28.2 Å². The van der Waals surface area contributed by atoms with Crippen LogP contribution in [0.15, 0.2) is 72.8 Å². The molecule has 3 aromatic rings. The molecule has 3 atom stereocenters. The number of hydrogen-bond donors (Lipinski definition) is 0. The maximum Gasteiger partial charge on any atom is 0.181 e. The van der Waals surface area contributed by atoms with Crippen LogP contribution < -0.4 is 9.47 Å². The summed E-state index contributed by atoms with van der Waals surface area (Å²) in [7, 11) is 0. The third-order valence-electron chi connectivity index (χ3n) is 6.16. The molecule has 6 nitrogen and oxygen atoms in total. The second-order valence-corrected chi connectivity index (χ2v) is 8.92. The molecular formula is C28H28O6. The van der Waals surface area contributed by atoms with Crippen molar-refractivity contribution in [2.24, 2.45) is 0 Å². The highest BCUT2D eigenvalue weighted by atomic mass is 16.8. The van der Waals surface area contributed by atoms with Gasteiger partial charge in [0.2, 0.25) is 0 Å². The Morgan fingerprint density at radius 2 is 1.06 bits per heavy atom. The zero-order valence-electron chi connectivity index (χ0n) is 18.9. The first-order valence-electron chi connectivity index (χ1n) is 11.8. The summed E-state index contributed by atoms with van der Waals surface area (Å²) in [5, 5.41) is 0. The zero-order valence-corrected chi connectivity index (χ0v) is 18.9. The maximum atomic E-state index is 5.83. The van der Waals surface area contributed by atoms with Crippen LogP contribution in [0, 0.1) is 0 Å². The molecule has 0 aliphatic carbocycles. The number of rotatable bonds is 12. The highest BCUT2D eigenvalue weighted by Gasteiger charge is 2.25. The maximum absolute atomic E-state index is 5.83. The fraction of sp³-hybridized carbons (Fsp3) is 0.357. The van der Waals surface area contributed by atoms with E-state index < -0.39 is 0 Å². The minimum Gasteiger partial charge on any atom is -0.491 e. The minimum atomic E-state index is -0.0353. The molecule has 0 saturated carbocycles. The van der Waals surface area contributed by atoms with E-state index in [1.807, 2.05) is 24.3 Å². The molecule has 0 spiro atoms. The third kappa shape index (κ3) is 5.77. The van der Waals surface area contributed by atoms with Crippen molar-refractivity contribution < 1.29 is 28.4 Å². The van der Waals surface area contributed by atoms with Gasteiger partial charge < -0.3 is 28.4 Å². The molecule has 3 aromatic carbocycles. The molecule has 0 N–H and O–H groups in total. The van der Waals surface area contributed by atoms with Crippen molar-refractivity contribution in [3.63, 3.8) is 0 Å². The molecular weight excluding hydrogens is 432 g/mol. The van der Waals surface area contributed by atoms with Gasteiger partial charge in [-0.15, -0.1) is 0 Å². The molecule has 0 bridgehead atoms. The van der Waals surface area contributed by atoms with Gasteiger partial charge in [-0.1, -0.05) is 48.5 Å². The first-order valence-corrected chi connectivity index (χ1v) is 11.8. The first-order chi connectivity index (χ1) is 16.8. The lowest BCUT2D eigenvalue weighted by atomic mass is 9.85. The summed E-state index contributed by atoms with van der Waals surface area (Å²) in [6.07, 6.45) is 0.453. The number of hydrogen-bond acceptors (Lipinski definition) is 6. The number of benzene rings is 3. The second-order valence-electron chi connectivity index (χ2n) is 8.92. The van der Waals surface area contributed by atoms with E-state index in [1.54, 1.807) is 0 Å². The number of ether oxygens (including phenoxy) is 6. The third-order valence-corrected chi connectivity index (χ3v) is 6.16. The van der Waals surface area contributed by atoms with Crippen molar-refractivity contribution in [1.82, 2.24) is 0 Å². The van der Waals surface area contributed by atoms with Crippen molar-refractivity contribution >= 4 is 0 Å². The molecule has 3 fully saturated rings. The lowest BCUT2D eigenvalue weighted by molar-refractivity contribution is 0.0386. The summed E-state index contributed by atoms with van der Waals surface area (Å²) in [4.78, 5) is 0. The van der Waals surface area contributed by atoms with E-state index in [9.17, 15) is 0 Å². The summed E-state index contributed by atoms with van der Waals surface area (Å²) in [6.45, 7) is 4.05. The Balaban J connectivity index is 1.22. The van der Waals surface area contributed by atoms with E-state index in [4.69, 9.17) is 28.4 Å². The van der Waals surface area contributed by atoms with Gasteiger partial charge in [0.1, 0.15) is 43.5 Å². The van der Waals surface area contributed by atoms with Gasteiger partial charge >= 0.3 is 0 Å². The second kappa shape index (κ2) is 9.76. The summed E-state index contributed by atoms with van der Waals surface area (Å²) < 4.78 is 32.9. The molecule has 0 amide bonds. The molecule has 34 heavy (non-hydrogen) atoms.